The van der Waals surface area contributed by atoms with Crippen molar-refractivity contribution in [3.05, 3.63) is 51.7 Å². The predicted octanol–water partition coefficient (Wildman–Crippen LogP) is 2.60. The van der Waals surface area contributed by atoms with Crippen LogP contribution in [0.2, 0.25) is 0 Å². The molecule has 0 aliphatic rings. The Kier molecular flexibility index (Phi) is 5.28. The van der Waals surface area contributed by atoms with E-state index in [-0.39, 0.29) is 11.4 Å². The van der Waals surface area contributed by atoms with Crippen LogP contribution in [0, 0.1) is 11.6 Å². The van der Waals surface area contributed by atoms with Crippen molar-refractivity contribution in [1.82, 2.24) is 4.72 Å². The fraction of sp³-hybridized carbons (Fsp3) is 0.286. The summed E-state index contributed by atoms with van der Waals surface area (Å²) in [5.41, 5.74) is 0. The van der Waals surface area contributed by atoms with E-state index in [2.05, 4.69) is 4.72 Å². The van der Waals surface area contributed by atoms with Crippen LogP contribution in [-0.4, -0.2) is 20.1 Å². The Morgan fingerprint density at radius 1 is 1.23 bits per heavy atom. The molecule has 4 nitrogen and oxygen atoms in total. The first-order valence-corrected chi connectivity index (χ1v) is 8.81. The molecule has 22 heavy (non-hydrogen) atoms. The van der Waals surface area contributed by atoms with Crippen LogP contribution in [0.25, 0.3) is 0 Å². The molecular weight excluding hydrogens is 332 g/mol. The van der Waals surface area contributed by atoms with E-state index in [0.29, 0.717) is 12.5 Å². The minimum Gasteiger partial charge on any atom is -0.388 e. The maximum Gasteiger partial charge on any atom is 0.240 e. The topological polar surface area (TPSA) is 66.4 Å². The number of sulfonamides is 1. The highest BCUT2D eigenvalue weighted by molar-refractivity contribution is 7.89. The van der Waals surface area contributed by atoms with Crippen molar-refractivity contribution < 1.29 is 22.3 Å². The van der Waals surface area contributed by atoms with Gasteiger partial charge in [-0.15, -0.1) is 11.3 Å². The zero-order valence-corrected chi connectivity index (χ0v) is 13.3. The van der Waals surface area contributed by atoms with Crippen LogP contribution in [0.1, 0.15) is 22.8 Å². The number of rotatable bonds is 6. The van der Waals surface area contributed by atoms with E-state index < -0.39 is 27.8 Å². The van der Waals surface area contributed by atoms with Crippen LogP contribution in [0.3, 0.4) is 0 Å². The predicted molar refractivity (Wildman–Crippen MR) is 80.2 cm³/mol. The van der Waals surface area contributed by atoms with Gasteiger partial charge in [-0.05, 0) is 43.7 Å². The fourth-order valence-corrected chi connectivity index (χ4v) is 3.78. The highest BCUT2D eigenvalue weighted by Crippen LogP contribution is 2.23. The van der Waals surface area contributed by atoms with Gasteiger partial charge >= 0.3 is 0 Å². The zero-order valence-electron chi connectivity index (χ0n) is 11.7. The third kappa shape index (κ3) is 4.10. The van der Waals surface area contributed by atoms with Crippen molar-refractivity contribution >= 4 is 21.4 Å². The third-order valence-electron chi connectivity index (χ3n) is 2.96. The highest BCUT2D eigenvalue weighted by atomic mass is 32.2. The number of aliphatic hydroxyl groups is 1. The first-order valence-electron chi connectivity index (χ1n) is 6.51. The van der Waals surface area contributed by atoms with E-state index in [1.165, 1.54) is 11.3 Å². The Labute approximate surface area is 131 Å². The van der Waals surface area contributed by atoms with E-state index in [1.807, 2.05) is 6.07 Å². The summed E-state index contributed by atoms with van der Waals surface area (Å²) in [6, 6.07) is 6.04. The molecule has 2 aromatic rings. The van der Waals surface area contributed by atoms with Crippen molar-refractivity contribution in [2.75, 3.05) is 6.54 Å². The number of benzene rings is 1. The molecule has 0 aliphatic carbocycles. The molecule has 2 N–H and O–H groups in total. The first-order chi connectivity index (χ1) is 10.3. The lowest BCUT2D eigenvalue weighted by Crippen LogP contribution is -2.26. The summed E-state index contributed by atoms with van der Waals surface area (Å²) >= 11 is 1.40. The normalized spacial score (nSPS) is 13.3. The Hall–Kier alpha value is -1.35. The standard InChI is InChI=1S/C14H15F2NO3S2/c1-9(18)14-5-2-10(21-14)6-7-17-22(19,20)11-3-4-12(15)13(16)8-11/h2-5,8-9,17-18H,6-7H2,1H3. The third-order valence-corrected chi connectivity index (χ3v) is 5.73. The average molecular weight is 347 g/mol. The summed E-state index contributed by atoms with van der Waals surface area (Å²) in [6.45, 7) is 1.78. The lowest BCUT2D eigenvalue weighted by atomic mass is 10.3. The van der Waals surface area contributed by atoms with Crippen LogP contribution < -0.4 is 4.72 Å². The van der Waals surface area contributed by atoms with Crippen molar-refractivity contribution in [2.24, 2.45) is 0 Å². The van der Waals surface area contributed by atoms with Crippen molar-refractivity contribution in [3.63, 3.8) is 0 Å². The molecule has 0 aliphatic heterocycles. The van der Waals surface area contributed by atoms with Gasteiger partial charge in [0.25, 0.3) is 0 Å². The van der Waals surface area contributed by atoms with E-state index in [4.69, 9.17) is 0 Å². The molecule has 0 radical (unpaired) electrons. The molecule has 1 aromatic carbocycles. The average Bonchev–Trinajstić information content (AvgIpc) is 2.90. The molecule has 0 saturated heterocycles. The Morgan fingerprint density at radius 2 is 1.95 bits per heavy atom. The van der Waals surface area contributed by atoms with Crippen LogP contribution in [-0.2, 0) is 16.4 Å². The molecular formula is C14H15F2NO3S2. The molecule has 0 saturated carbocycles. The van der Waals surface area contributed by atoms with Gasteiger partial charge < -0.3 is 5.11 Å². The number of aliphatic hydroxyl groups excluding tert-OH is 1. The quantitative estimate of drug-likeness (QED) is 0.844. The molecule has 1 unspecified atom stereocenters. The van der Waals surface area contributed by atoms with Gasteiger partial charge in [0.15, 0.2) is 11.6 Å². The minimum atomic E-state index is -3.88. The molecule has 8 heteroatoms. The van der Waals surface area contributed by atoms with Gasteiger partial charge in [-0.25, -0.2) is 21.9 Å². The number of hydrogen-bond donors (Lipinski definition) is 2. The maximum atomic E-state index is 13.1. The van der Waals surface area contributed by atoms with Crippen LogP contribution >= 0.6 is 11.3 Å². The van der Waals surface area contributed by atoms with E-state index >= 15 is 0 Å². The van der Waals surface area contributed by atoms with Crippen LogP contribution in [0.5, 0.6) is 0 Å². The number of nitrogens with one attached hydrogen (secondary N) is 1. The van der Waals surface area contributed by atoms with Crippen molar-refractivity contribution in [2.45, 2.75) is 24.3 Å². The van der Waals surface area contributed by atoms with Crippen molar-refractivity contribution in [3.8, 4) is 0 Å². The molecule has 1 heterocycles. The van der Waals surface area contributed by atoms with Gasteiger partial charge in [0.2, 0.25) is 10.0 Å². The largest absolute Gasteiger partial charge is 0.388 e. The number of halogens is 2. The lowest BCUT2D eigenvalue weighted by molar-refractivity contribution is 0.203. The maximum absolute atomic E-state index is 13.1. The number of hydrogen-bond acceptors (Lipinski definition) is 4. The summed E-state index contributed by atoms with van der Waals surface area (Å²) in [5, 5.41) is 9.42. The monoisotopic (exact) mass is 347 g/mol. The summed E-state index contributed by atoms with van der Waals surface area (Å²) in [6.07, 6.45) is -0.113. The van der Waals surface area contributed by atoms with Gasteiger partial charge in [0.05, 0.1) is 11.0 Å². The molecule has 120 valence electrons. The summed E-state index contributed by atoms with van der Waals surface area (Å²) in [4.78, 5) is 1.41. The van der Waals surface area contributed by atoms with Gasteiger partial charge in [-0.3, -0.25) is 0 Å². The van der Waals surface area contributed by atoms with E-state index in [0.717, 1.165) is 21.9 Å². The number of thiophene rings is 1. The second kappa shape index (κ2) is 6.82. The Balaban J connectivity index is 1.98. The van der Waals surface area contributed by atoms with Crippen molar-refractivity contribution in [1.29, 1.82) is 0 Å². The highest BCUT2D eigenvalue weighted by Gasteiger charge is 2.16. The molecule has 1 atom stereocenters. The van der Waals surface area contributed by atoms with E-state index in [1.54, 1.807) is 13.0 Å². The molecule has 0 amide bonds. The van der Waals surface area contributed by atoms with Gasteiger partial charge in [0.1, 0.15) is 0 Å². The SMILES string of the molecule is CC(O)c1ccc(CCNS(=O)(=O)c2ccc(F)c(F)c2)s1. The van der Waals surface area contributed by atoms with Crippen LogP contribution in [0.4, 0.5) is 8.78 Å². The first kappa shape index (κ1) is 17.0. The second-order valence-corrected chi connectivity index (χ2v) is 7.67. The van der Waals surface area contributed by atoms with E-state index in [9.17, 15) is 22.3 Å². The Bertz CT molecular complexity index is 757. The molecule has 0 fully saturated rings. The summed E-state index contributed by atoms with van der Waals surface area (Å²) in [5.74, 6) is -2.30. The van der Waals surface area contributed by atoms with Gasteiger partial charge in [-0.2, -0.15) is 0 Å². The second-order valence-electron chi connectivity index (χ2n) is 4.70. The lowest BCUT2D eigenvalue weighted by Gasteiger charge is -2.06. The van der Waals surface area contributed by atoms with Gasteiger partial charge in [-0.1, -0.05) is 0 Å². The van der Waals surface area contributed by atoms with Gasteiger partial charge in [0, 0.05) is 16.3 Å². The Morgan fingerprint density at radius 3 is 2.55 bits per heavy atom. The minimum absolute atomic E-state index is 0.126. The zero-order chi connectivity index (χ0) is 16.3. The summed E-state index contributed by atoms with van der Waals surface area (Å²) < 4.78 is 52.2. The smallest absolute Gasteiger partial charge is 0.240 e. The summed E-state index contributed by atoms with van der Waals surface area (Å²) in [7, 11) is -3.88. The molecule has 0 spiro atoms. The van der Waals surface area contributed by atoms with Crippen LogP contribution in [0.15, 0.2) is 35.2 Å². The molecule has 0 bridgehead atoms. The molecule has 1 aromatic heterocycles. The molecule has 2 rings (SSSR count). The fourth-order valence-electron chi connectivity index (χ4n) is 1.79.